The van der Waals surface area contributed by atoms with E-state index in [1.54, 1.807) is 0 Å². The van der Waals surface area contributed by atoms with Crippen molar-refractivity contribution >= 4 is 5.97 Å². The van der Waals surface area contributed by atoms with E-state index < -0.39 is 0 Å². The lowest BCUT2D eigenvalue weighted by Gasteiger charge is -2.30. The Balaban J connectivity index is 2.02. The first-order chi connectivity index (χ1) is 9.74. The Kier molecular flexibility index (Phi) is 5.36. The lowest BCUT2D eigenvalue weighted by molar-refractivity contribution is -0.148. The highest BCUT2D eigenvalue weighted by Gasteiger charge is 2.31. The molecule has 1 heterocycles. The highest BCUT2D eigenvalue weighted by atomic mass is 16.5. The number of hydrogen-bond acceptors (Lipinski definition) is 3. The first kappa shape index (κ1) is 14.8. The summed E-state index contributed by atoms with van der Waals surface area (Å²) in [6.45, 7) is 5.46. The summed E-state index contributed by atoms with van der Waals surface area (Å²) in [7, 11) is 1.47. The number of nitrogens with one attached hydrogen (secondary N) is 1. The van der Waals surface area contributed by atoms with Crippen LogP contribution in [-0.4, -0.2) is 26.2 Å². The maximum atomic E-state index is 11.8. The van der Waals surface area contributed by atoms with E-state index in [0.717, 1.165) is 32.4 Å². The summed E-state index contributed by atoms with van der Waals surface area (Å²) in [6.07, 6.45) is 4.78. The molecule has 0 spiro atoms. The Morgan fingerprint density at radius 2 is 2.10 bits per heavy atom. The molecular weight excluding hydrogens is 250 g/mol. The third-order valence-corrected chi connectivity index (χ3v) is 4.03. The van der Waals surface area contributed by atoms with E-state index in [1.807, 2.05) is 6.08 Å². The second-order valence-corrected chi connectivity index (χ2v) is 5.40. The van der Waals surface area contributed by atoms with Crippen molar-refractivity contribution in [3.8, 4) is 0 Å². The molecule has 20 heavy (non-hydrogen) atoms. The van der Waals surface area contributed by atoms with E-state index in [9.17, 15) is 4.79 Å². The lowest BCUT2D eigenvalue weighted by Crippen LogP contribution is -2.42. The Bertz CT molecular complexity index is 453. The smallest absolute Gasteiger partial charge is 0.310 e. The molecule has 1 fully saturated rings. The average molecular weight is 273 g/mol. The van der Waals surface area contributed by atoms with Gasteiger partial charge in [0, 0.05) is 6.54 Å². The van der Waals surface area contributed by atoms with Crippen LogP contribution in [-0.2, 0) is 22.4 Å². The van der Waals surface area contributed by atoms with Gasteiger partial charge < -0.3 is 10.1 Å². The maximum Gasteiger partial charge on any atom is 0.310 e. The van der Waals surface area contributed by atoms with Crippen LogP contribution in [0.3, 0.4) is 0 Å². The topological polar surface area (TPSA) is 38.3 Å². The van der Waals surface area contributed by atoms with Gasteiger partial charge in [-0.2, -0.15) is 0 Å². The van der Waals surface area contributed by atoms with Gasteiger partial charge in [0.2, 0.25) is 0 Å². The van der Waals surface area contributed by atoms with E-state index in [-0.39, 0.29) is 11.9 Å². The number of carbonyl (C=O) groups is 1. The fourth-order valence-corrected chi connectivity index (χ4v) is 2.87. The summed E-state index contributed by atoms with van der Waals surface area (Å²) in [4.78, 5) is 11.8. The fourth-order valence-electron chi connectivity index (χ4n) is 2.87. The number of ether oxygens (including phenoxy) is 1. The van der Waals surface area contributed by atoms with E-state index >= 15 is 0 Å². The number of carbonyl (C=O) groups excluding carboxylic acids is 1. The van der Waals surface area contributed by atoms with Crippen LogP contribution < -0.4 is 5.32 Å². The number of piperidine rings is 1. The summed E-state index contributed by atoms with van der Waals surface area (Å²) in [6, 6.07) is 8.61. The number of benzene rings is 1. The van der Waals surface area contributed by atoms with Gasteiger partial charge in [0.25, 0.3) is 0 Å². The van der Waals surface area contributed by atoms with Crippen LogP contribution in [0.25, 0.3) is 0 Å². The van der Waals surface area contributed by atoms with Gasteiger partial charge in [0.05, 0.1) is 13.0 Å². The molecule has 1 saturated heterocycles. The standard InChI is InChI=1S/C17H23NO2/c1-3-4-13-5-7-14(8-6-13)11-15-9-10-18-12-16(15)17(19)20-2/h3,5-8,15-16,18H,1,4,9-12H2,2H3. The van der Waals surface area contributed by atoms with Crippen molar-refractivity contribution in [3.63, 3.8) is 0 Å². The fraction of sp³-hybridized carbons (Fsp3) is 0.471. The van der Waals surface area contributed by atoms with Crippen molar-refractivity contribution < 1.29 is 9.53 Å². The van der Waals surface area contributed by atoms with Gasteiger partial charge in [0.15, 0.2) is 0 Å². The van der Waals surface area contributed by atoms with E-state index in [2.05, 4.69) is 36.2 Å². The molecule has 0 aromatic heterocycles. The Morgan fingerprint density at radius 3 is 2.75 bits per heavy atom. The molecule has 1 aliphatic heterocycles. The van der Waals surface area contributed by atoms with E-state index in [0.29, 0.717) is 5.92 Å². The predicted octanol–water partition coefficient (Wildman–Crippen LogP) is 2.36. The first-order valence-corrected chi connectivity index (χ1v) is 7.22. The second-order valence-electron chi connectivity index (χ2n) is 5.40. The largest absolute Gasteiger partial charge is 0.469 e. The molecule has 0 radical (unpaired) electrons. The molecule has 2 unspecified atom stereocenters. The number of hydrogen-bond donors (Lipinski definition) is 1. The zero-order valence-electron chi connectivity index (χ0n) is 12.1. The molecule has 108 valence electrons. The molecule has 1 aromatic carbocycles. The molecular formula is C17H23NO2. The third kappa shape index (κ3) is 3.70. The van der Waals surface area contributed by atoms with Crippen LogP contribution in [0.1, 0.15) is 17.5 Å². The van der Waals surface area contributed by atoms with Gasteiger partial charge in [-0.1, -0.05) is 30.3 Å². The van der Waals surface area contributed by atoms with Gasteiger partial charge >= 0.3 is 5.97 Å². The lowest BCUT2D eigenvalue weighted by atomic mass is 9.82. The molecule has 3 nitrogen and oxygen atoms in total. The van der Waals surface area contributed by atoms with Crippen molar-refractivity contribution in [2.75, 3.05) is 20.2 Å². The number of methoxy groups -OCH3 is 1. The van der Waals surface area contributed by atoms with Gasteiger partial charge in [-0.3, -0.25) is 4.79 Å². The molecule has 0 bridgehead atoms. The van der Waals surface area contributed by atoms with Crippen molar-refractivity contribution in [3.05, 3.63) is 48.0 Å². The number of rotatable bonds is 5. The third-order valence-electron chi connectivity index (χ3n) is 4.03. The predicted molar refractivity (Wildman–Crippen MR) is 80.5 cm³/mol. The summed E-state index contributed by atoms with van der Waals surface area (Å²) in [5.41, 5.74) is 2.57. The minimum atomic E-state index is -0.0922. The highest BCUT2D eigenvalue weighted by Crippen LogP contribution is 2.25. The summed E-state index contributed by atoms with van der Waals surface area (Å²) in [5, 5.41) is 3.28. The molecule has 1 N–H and O–H groups in total. The van der Waals surface area contributed by atoms with Gasteiger partial charge in [-0.15, -0.1) is 6.58 Å². The van der Waals surface area contributed by atoms with Crippen LogP contribution in [0.4, 0.5) is 0 Å². The SMILES string of the molecule is C=CCc1ccc(CC2CCNCC2C(=O)OC)cc1. The normalized spacial score (nSPS) is 22.2. The van der Waals surface area contributed by atoms with Crippen molar-refractivity contribution in [2.45, 2.75) is 19.3 Å². The van der Waals surface area contributed by atoms with Gasteiger partial charge in [0.1, 0.15) is 0 Å². The van der Waals surface area contributed by atoms with Crippen molar-refractivity contribution in [2.24, 2.45) is 11.8 Å². The monoisotopic (exact) mass is 273 g/mol. The van der Waals surface area contributed by atoms with Crippen LogP contribution >= 0.6 is 0 Å². The maximum absolute atomic E-state index is 11.8. The first-order valence-electron chi connectivity index (χ1n) is 7.22. The molecule has 1 aliphatic rings. The minimum Gasteiger partial charge on any atom is -0.469 e. The zero-order valence-corrected chi connectivity index (χ0v) is 12.1. The Morgan fingerprint density at radius 1 is 1.40 bits per heavy atom. The van der Waals surface area contributed by atoms with E-state index in [4.69, 9.17) is 4.74 Å². The van der Waals surface area contributed by atoms with Crippen LogP contribution in [0.15, 0.2) is 36.9 Å². The van der Waals surface area contributed by atoms with Crippen molar-refractivity contribution in [1.82, 2.24) is 5.32 Å². The Labute approximate surface area is 121 Å². The number of esters is 1. The van der Waals surface area contributed by atoms with E-state index in [1.165, 1.54) is 18.2 Å². The molecule has 2 atom stereocenters. The van der Waals surface area contributed by atoms with Crippen LogP contribution in [0, 0.1) is 11.8 Å². The average Bonchev–Trinajstić information content (AvgIpc) is 2.49. The Hall–Kier alpha value is -1.61. The second kappa shape index (κ2) is 7.25. The van der Waals surface area contributed by atoms with Gasteiger partial charge in [-0.25, -0.2) is 0 Å². The molecule has 0 aliphatic carbocycles. The highest BCUT2D eigenvalue weighted by molar-refractivity contribution is 5.73. The van der Waals surface area contributed by atoms with Crippen LogP contribution in [0.2, 0.25) is 0 Å². The number of allylic oxidation sites excluding steroid dienone is 1. The molecule has 2 rings (SSSR count). The van der Waals surface area contributed by atoms with Crippen molar-refractivity contribution in [1.29, 1.82) is 0 Å². The van der Waals surface area contributed by atoms with Gasteiger partial charge in [-0.05, 0) is 42.9 Å². The van der Waals surface area contributed by atoms with Crippen LogP contribution in [0.5, 0.6) is 0 Å². The summed E-state index contributed by atoms with van der Waals surface area (Å²) >= 11 is 0. The minimum absolute atomic E-state index is 0.0263. The quantitative estimate of drug-likeness (QED) is 0.661. The molecule has 0 saturated carbocycles. The molecule has 3 heteroatoms. The summed E-state index contributed by atoms with van der Waals surface area (Å²) < 4.78 is 4.92. The summed E-state index contributed by atoms with van der Waals surface area (Å²) in [5.74, 6) is 0.251. The molecule has 0 amide bonds. The molecule has 1 aromatic rings. The zero-order chi connectivity index (χ0) is 14.4.